The van der Waals surface area contributed by atoms with Crippen molar-refractivity contribution in [1.29, 1.82) is 0 Å². The summed E-state index contributed by atoms with van der Waals surface area (Å²) in [5, 5.41) is 11.5. The third-order valence-corrected chi connectivity index (χ3v) is 2.58. The first-order valence-corrected chi connectivity index (χ1v) is 5.49. The van der Waals surface area contributed by atoms with Crippen molar-refractivity contribution < 1.29 is 19.4 Å². The van der Waals surface area contributed by atoms with Gasteiger partial charge in [0, 0.05) is 6.04 Å². The summed E-state index contributed by atoms with van der Waals surface area (Å²) < 4.78 is 10.5. The molecule has 0 spiro atoms. The number of hydrogen-bond donors (Lipinski definition) is 2. The highest BCUT2D eigenvalue weighted by atomic mass is 16.7. The van der Waals surface area contributed by atoms with Crippen LogP contribution in [0, 0.1) is 0 Å². The van der Waals surface area contributed by atoms with Gasteiger partial charge in [-0.25, -0.2) is 0 Å². The summed E-state index contributed by atoms with van der Waals surface area (Å²) in [5.74, 6) is 0.676. The van der Waals surface area contributed by atoms with E-state index in [0.717, 1.165) is 23.5 Å². The molecule has 1 aliphatic heterocycles. The minimum Gasteiger partial charge on any atom is -0.480 e. The van der Waals surface area contributed by atoms with E-state index in [-0.39, 0.29) is 19.4 Å². The second-order valence-electron chi connectivity index (χ2n) is 4.07. The summed E-state index contributed by atoms with van der Waals surface area (Å²) >= 11 is 0. The monoisotopic (exact) mass is 237 g/mol. The molecule has 1 aromatic rings. The topological polar surface area (TPSA) is 67.8 Å². The Kier molecular flexibility index (Phi) is 3.49. The molecule has 1 heterocycles. The van der Waals surface area contributed by atoms with Crippen LogP contribution in [0.5, 0.6) is 11.5 Å². The molecular weight excluding hydrogens is 222 g/mol. The second-order valence-corrected chi connectivity index (χ2v) is 4.07. The first-order valence-electron chi connectivity index (χ1n) is 5.49. The van der Waals surface area contributed by atoms with Gasteiger partial charge in [0.15, 0.2) is 11.5 Å². The van der Waals surface area contributed by atoms with Gasteiger partial charge < -0.3 is 19.9 Å². The van der Waals surface area contributed by atoms with E-state index in [1.54, 1.807) is 0 Å². The van der Waals surface area contributed by atoms with Crippen LogP contribution in [0.15, 0.2) is 18.2 Å². The standard InChI is InChI=1S/C12H15NO4/c1-8(13-6-12(14)15)4-9-2-3-10-11(5-9)17-7-16-10/h2-3,5,8,13H,4,6-7H2,1H3,(H,14,15). The molecule has 17 heavy (non-hydrogen) atoms. The molecule has 2 rings (SSSR count). The van der Waals surface area contributed by atoms with Crippen molar-refractivity contribution in [3.05, 3.63) is 23.8 Å². The minimum atomic E-state index is -0.845. The quantitative estimate of drug-likeness (QED) is 0.800. The molecule has 1 aliphatic rings. The van der Waals surface area contributed by atoms with Gasteiger partial charge in [-0.1, -0.05) is 6.07 Å². The van der Waals surface area contributed by atoms with Crippen molar-refractivity contribution >= 4 is 5.97 Å². The van der Waals surface area contributed by atoms with E-state index < -0.39 is 5.97 Å². The fourth-order valence-corrected chi connectivity index (χ4v) is 1.76. The Morgan fingerprint density at radius 3 is 3.00 bits per heavy atom. The SMILES string of the molecule is CC(Cc1ccc2c(c1)OCO2)NCC(=O)O. The molecule has 0 amide bonds. The Morgan fingerprint density at radius 1 is 1.47 bits per heavy atom. The van der Waals surface area contributed by atoms with Crippen molar-refractivity contribution in [2.24, 2.45) is 0 Å². The van der Waals surface area contributed by atoms with Crippen LogP contribution in [0.1, 0.15) is 12.5 Å². The van der Waals surface area contributed by atoms with E-state index >= 15 is 0 Å². The van der Waals surface area contributed by atoms with Crippen LogP contribution in [0.3, 0.4) is 0 Å². The van der Waals surface area contributed by atoms with Crippen LogP contribution in [0.4, 0.5) is 0 Å². The van der Waals surface area contributed by atoms with Gasteiger partial charge in [-0.3, -0.25) is 4.79 Å². The third kappa shape index (κ3) is 3.10. The average Bonchev–Trinajstić information content (AvgIpc) is 2.73. The van der Waals surface area contributed by atoms with E-state index in [9.17, 15) is 4.79 Å². The fourth-order valence-electron chi connectivity index (χ4n) is 1.76. The molecule has 1 atom stereocenters. The lowest BCUT2D eigenvalue weighted by Gasteiger charge is -2.12. The predicted octanol–water partition coefficient (Wildman–Crippen LogP) is 1.02. The summed E-state index contributed by atoms with van der Waals surface area (Å²) in [7, 11) is 0. The molecule has 1 unspecified atom stereocenters. The van der Waals surface area contributed by atoms with Gasteiger partial charge in [0.05, 0.1) is 6.54 Å². The van der Waals surface area contributed by atoms with Crippen LogP contribution < -0.4 is 14.8 Å². The number of aliphatic carboxylic acids is 1. The Morgan fingerprint density at radius 2 is 2.24 bits per heavy atom. The summed E-state index contributed by atoms with van der Waals surface area (Å²) in [6.07, 6.45) is 0.754. The van der Waals surface area contributed by atoms with Gasteiger partial charge in [-0.15, -0.1) is 0 Å². The summed E-state index contributed by atoms with van der Waals surface area (Å²) in [5.41, 5.74) is 1.10. The molecule has 0 bridgehead atoms. The molecule has 0 saturated heterocycles. The van der Waals surface area contributed by atoms with Crippen LogP contribution in [0.25, 0.3) is 0 Å². The molecule has 0 aliphatic carbocycles. The van der Waals surface area contributed by atoms with Crippen molar-refractivity contribution in [2.75, 3.05) is 13.3 Å². The number of ether oxygens (including phenoxy) is 2. The van der Waals surface area contributed by atoms with Crippen molar-refractivity contribution in [2.45, 2.75) is 19.4 Å². The lowest BCUT2D eigenvalue weighted by molar-refractivity contribution is -0.136. The Balaban J connectivity index is 1.92. The van der Waals surface area contributed by atoms with Gasteiger partial charge in [0.2, 0.25) is 6.79 Å². The number of benzene rings is 1. The van der Waals surface area contributed by atoms with E-state index in [2.05, 4.69) is 5.32 Å². The van der Waals surface area contributed by atoms with Gasteiger partial charge in [-0.2, -0.15) is 0 Å². The zero-order valence-corrected chi connectivity index (χ0v) is 9.60. The van der Waals surface area contributed by atoms with Crippen molar-refractivity contribution in [1.82, 2.24) is 5.32 Å². The summed E-state index contributed by atoms with van der Waals surface area (Å²) in [6, 6.07) is 5.88. The molecule has 5 heteroatoms. The van der Waals surface area contributed by atoms with Crippen LogP contribution in [-0.4, -0.2) is 30.5 Å². The van der Waals surface area contributed by atoms with Crippen LogP contribution in [-0.2, 0) is 11.2 Å². The predicted molar refractivity (Wildman–Crippen MR) is 61.4 cm³/mol. The van der Waals surface area contributed by atoms with Crippen LogP contribution in [0.2, 0.25) is 0 Å². The van der Waals surface area contributed by atoms with Gasteiger partial charge in [-0.05, 0) is 31.0 Å². The molecule has 1 aromatic carbocycles. The molecule has 92 valence electrons. The lowest BCUT2D eigenvalue weighted by atomic mass is 10.1. The highest BCUT2D eigenvalue weighted by molar-refractivity contribution is 5.69. The summed E-state index contributed by atoms with van der Waals surface area (Å²) in [6.45, 7) is 2.20. The Labute approximate surface area is 99.3 Å². The number of carbonyl (C=O) groups is 1. The van der Waals surface area contributed by atoms with Crippen molar-refractivity contribution in [3.63, 3.8) is 0 Å². The van der Waals surface area contributed by atoms with Gasteiger partial charge in [0.1, 0.15) is 0 Å². The fraction of sp³-hybridized carbons (Fsp3) is 0.417. The molecule has 5 nitrogen and oxygen atoms in total. The Bertz CT molecular complexity index is 419. The lowest BCUT2D eigenvalue weighted by Crippen LogP contribution is -2.32. The highest BCUT2D eigenvalue weighted by Gasteiger charge is 2.14. The number of fused-ring (bicyclic) bond motifs is 1. The molecular formula is C12H15NO4. The zero-order chi connectivity index (χ0) is 12.3. The first kappa shape index (κ1) is 11.7. The summed E-state index contributed by atoms with van der Waals surface area (Å²) in [4.78, 5) is 10.4. The average molecular weight is 237 g/mol. The molecule has 0 aromatic heterocycles. The van der Waals surface area contributed by atoms with Crippen molar-refractivity contribution in [3.8, 4) is 11.5 Å². The Hall–Kier alpha value is -1.75. The second kappa shape index (κ2) is 5.05. The highest BCUT2D eigenvalue weighted by Crippen LogP contribution is 2.32. The maximum absolute atomic E-state index is 10.4. The molecule has 0 radical (unpaired) electrons. The smallest absolute Gasteiger partial charge is 0.317 e. The zero-order valence-electron chi connectivity index (χ0n) is 9.60. The maximum atomic E-state index is 10.4. The minimum absolute atomic E-state index is 0.0221. The van der Waals surface area contributed by atoms with Crippen LogP contribution >= 0.6 is 0 Å². The van der Waals surface area contributed by atoms with Gasteiger partial charge in [0.25, 0.3) is 0 Å². The van der Waals surface area contributed by atoms with E-state index in [1.165, 1.54) is 0 Å². The largest absolute Gasteiger partial charge is 0.480 e. The van der Waals surface area contributed by atoms with E-state index in [0.29, 0.717) is 0 Å². The number of carboxylic acids is 1. The maximum Gasteiger partial charge on any atom is 0.317 e. The number of hydrogen-bond acceptors (Lipinski definition) is 4. The third-order valence-electron chi connectivity index (χ3n) is 2.58. The normalized spacial score (nSPS) is 14.6. The van der Waals surface area contributed by atoms with E-state index in [1.807, 2.05) is 25.1 Å². The number of nitrogens with one attached hydrogen (secondary N) is 1. The molecule has 0 saturated carbocycles. The molecule has 2 N–H and O–H groups in total. The number of rotatable bonds is 5. The first-order chi connectivity index (χ1) is 8.15. The van der Waals surface area contributed by atoms with E-state index in [4.69, 9.17) is 14.6 Å². The number of carboxylic acid groups (broad SMARTS) is 1. The molecule has 0 fully saturated rings. The van der Waals surface area contributed by atoms with Gasteiger partial charge >= 0.3 is 5.97 Å².